The zero-order chi connectivity index (χ0) is 23.6. The van der Waals surface area contributed by atoms with Crippen molar-refractivity contribution in [3.8, 4) is 0 Å². The van der Waals surface area contributed by atoms with Crippen molar-refractivity contribution < 1.29 is 9.90 Å². The van der Waals surface area contributed by atoms with Crippen LogP contribution in [-0.2, 0) is 4.79 Å². The Kier molecular flexibility index (Phi) is 7.53. The van der Waals surface area contributed by atoms with Crippen LogP contribution in [0.5, 0.6) is 0 Å². The van der Waals surface area contributed by atoms with Gasteiger partial charge in [0.05, 0.1) is 24.1 Å². The molecule has 0 aromatic heterocycles. The Bertz CT molecular complexity index is 988. The highest BCUT2D eigenvalue weighted by Gasteiger charge is 2.54. The minimum atomic E-state index is -0.494. The SMILES string of the molecule is C=CCC[C@@]1(CC)C[C@H](c2cccc(Cl)c2)[C@@H](c2ccc(Cl)cc2)N(C(CO)C2CC2)C1=O. The summed E-state index contributed by atoms with van der Waals surface area (Å²) in [6.45, 7) is 6.00. The first-order valence-electron chi connectivity index (χ1n) is 12.0. The molecule has 2 aliphatic rings. The number of amides is 1. The van der Waals surface area contributed by atoms with Crippen molar-refractivity contribution in [2.75, 3.05) is 6.61 Å². The van der Waals surface area contributed by atoms with Crippen molar-refractivity contribution in [3.05, 3.63) is 82.4 Å². The maximum Gasteiger partial charge on any atom is 0.229 e. The van der Waals surface area contributed by atoms with Gasteiger partial charge in [-0.1, -0.05) is 60.5 Å². The number of carbonyl (C=O) groups is 1. The number of halogens is 2. The van der Waals surface area contributed by atoms with Gasteiger partial charge in [-0.3, -0.25) is 4.79 Å². The van der Waals surface area contributed by atoms with Crippen LogP contribution in [-0.4, -0.2) is 28.6 Å². The summed E-state index contributed by atoms with van der Waals surface area (Å²) in [4.78, 5) is 16.4. The average molecular weight is 486 g/mol. The predicted molar refractivity (Wildman–Crippen MR) is 136 cm³/mol. The van der Waals surface area contributed by atoms with Crippen molar-refractivity contribution >= 4 is 29.1 Å². The Labute approximate surface area is 207 Å². The fourth-order valence-electron chi connectivity index (χ4n) is 5.67. The molecule has 1 unspecified atom stereocenters. The summed E-state index contributed by atoms with van der Waals surface area (Å²) in [5.41, 5.74) is 1.68. The average Bonchev–Trinajstić information content (AvgIpc) is 3.66. The van der Waals surface area contributed by atoms with Crippen LogP contribution in [0.2, 0.25) is 10.0 Å². The van der Waals surface area contributed by atoms with E-state index in [1.165, 1.54) is 0 Å². The number of piperidine rings is 1. The number of aliphatic hydroxyl groups excluding tert-OH is 1. The third-order valence-electron chi connectivity index (χ3n) is 7.68. The van der Waals surface area contributed by atoms with E-state index in [0.717, 1.165) is 49.7 Å². The molecule has 1 saturated carbocycles. The third-order valence-corrected chi connectivity index (χ3v) is 8.17. The smallest absolute Gasteiger partial charge is 0.229 e. The number of hydrogen-bond donors (Lipinski definition) is 1. The summed E-state index contributed by atoms with van der Waals surface area (Å²) >= 11 is 12.6. The standard InChI is InChI=1S/C28H33Cl2NO2/c1-3-5-15-28(4-2)17-24(21-7-6-8-23(30)16-21)26(20-11-13-22(29)14-12-20)31(27(28)33)25(18-32)19-9-10-19/h3,6-8,11-14,16,19,24-26,32H,1,4-5,9-10,15,17-18H2,2H3/t24-,25?,26-,28+/m1/s1. The predicted octanol–water partition coefficient (Wildman–Crippen LogP) is 7.18. The summed E-state index contributed by atoms with van der Waals surface area (Å²) in [7, 11) is 0. The van der Waals surface area contributed by atoms with Gasteiger partial charge in [0.2, 0.25) is 5.91 Å². The molecule has 1 N–H and O–H groups in total. The summed E-state index contributed by atoms with van der Waals surface area (Å²) < 4.78 is 0. The molecule has 0 spiro atoms. The largest absolute Gasteiger partial charge is 0.394 e. The number of hydrogen-bond acceptors (Lipinski definition) is 2. The molecule has 33 heavy (non-hydrogen) atoms. The van der Waals surface area contributed by atoms with E-state index < -0.39 is 5.41 Å². The number of aliphatic hydroxyl groups is 1. The van der Waals surface area contributed by atoms with Gasteiger partial charge < -0.3 is 10.0 Å². The van der Waals surface area contributed by atoms with E-state index in [1.54, 1.807) is 0 Å². The fraction of sp³-hybridized carbons (Fsp3) is 0.464. The van der Waals surface area contributed by atoms with Gasteiger partial charge in [0.25, 0.3) is 0 Å². The third kappa shape index (κ3) is 4.87. The van der Waals surface area contributed by atoms with Crippen LogP contribution < -0.4 is 0 Å². The van der Waals surface area contributed by atoms with Gasteiger partial charge in [0.1, 0.15) is 0 Å². The quantitative estimate of drug-likeness (QED) is 0.381. The fourth-order valence-corrected chi connectivity index (χ4v) is 5.99. The van der Waals surface area contributed by atoms with Crippen LogP contribution in [0, 0.1) is 11.3 Å². The van der Waals surface area contributed by atoms with E-state index in [2.05, 4.69) is 19.6 Å². The van der Waals surface area contributed by atoms with Gasteiger partial charge in [-0.15, -0.1) is 6.58 Å². The molecule has 1 aliphatic heterocycles. The van der Waals surface area contributed by atoms with Crippen molar-refractivity contribution in [3.63, 3.8) is 0 Å². The van der Waals surface area contributed by atoms with E-state index in [9.17, 15) is 9.90 Å². The Hall–Kier alpha value is -1.81. The molecular weight excluding hydrogens is 453 g/mol. The first-order valence-corrected chi connectivity index (χ1v) is 12.7. The normalized spacial score (nSPS) is 26.3. The first-order chi connectivity index (χ1) is 15.9. The van der Waals surface area contributed by atoms with Crippen molar-refractivity contribution in [1.82, 2.24) is 4.90 Å². The molecule has 176 valence electrons. The molecule has 1 amide bonds. The summed E-state index contributed by atoms with van der Waals surface area (Å²) in [5, 5.41) is 11.8. The molecular formula is C28H33Cl2NO2. The van der Waals surface area contributed by atoms with Gasteiger partial charge in [0.15, 0.2) is 0 Å². The van der Waals surface area contributed by atoms with Crippen LogP contribution in [0.1, 0.15) is 68.5 Å². The molecule has 2 aromatic carbocycles. The van der Waals surface area contributed by atoms with Crippen LogP contribution >= 0.6 is 23.2 Å². The number of carbonyl (C=O) groups excluding carboxylic acids is 1. The monoisotopic (exact) mass is 485 g/mol. The van der Waals surface area contributed by atoms with E-state index >= 15 is 0 Å². The Balaban J connectivity index is 1.90. The van der Waals surface area contributed by atoms with Gasteiger partial charge in [-0.25, -0.2) is 0 Å². The molecule has 0 radical (unpaired) electrons. The Morgan fingerprint density at radius 2 is 1.88 bits per heavy atom. The molecule has 1 aliphatic carbocycles. The van der Waals surface area contributed by atoms with Crippen LogP contribution in [0.25, 0.3) is 0 Å². The molecule has 4 rings (SSSR count). The second-order valence-corrected chi connectivity index (χ2v) is 10.5. The molecule has 1 heterocycles. The maximum absolute atomic E-state index is 14.3. The molecule has 4 atom stereocenters. The Morgan fingerprint density at radius 3 is 2.45 bits per heavy atom. The summed E-state index contributed by atoms with van der Waals surface area (Å²) in [6.07, 6.45) is 7.04. The number of benzene rings is 2. The lowest BCUT2D eigenvalue weighted by atomic mass is 9.64. The number of likely N-dealkylation sites (tertiary alicyclic amines) is 1. The molecule has 3 nitrogen and oxygen atoms in total. The van der Waals surface area contributed by atoms with Crippen LogP contribution in [0.15, 0.2) is 61.2 Å². The van der Waals surface area contributed by atoms with Gasteiger partial charge in [0, 0.05) is 16.0 Å². The van der Waals surface area contributed by atoms with E-state index in [-0.39, 0.29) is 30.5 Å². The molecule has 5 heteroatoms. The second-order valence-electron chi connectivity index (χ2n) is 9.62. The summed E-state index contributed by atoms with van der Waals surface area (Å²) in [6, 6.07) is 15.5. The van der Waals surface area contributed by atoms with Gasteiger partial charge in [-0.2, -0.15) is 0 Å². The number of allylic oxidation sites excluding steroid dienone is 1. The zero-order valence-electron chi connectivity index (χ0n) is 19.2. The van der Waals surface area contributed by atoms with Crippen molar-refractivity contribution in [2.24, 2.45) is 11.3 Å². The van der Waals surface area contributed by atoms with Crippen LogP contribution in [0.3, 0.4) is 0 Å². The lowest BCUT2D eigenvalue weighted by Crippen LogP contribution is -2.57. The van der Waals surface area contributed by atoms with E-state index in [0.29, 0.717) is 16.0 Å². The van der Waals surface area contributed by atoms with E-state index in [4.69, 9.17) is 23.2 Å². The molecule has 0 bridgehead atoms. The molecule has 2 fully saturated rings. The first kappa shape index (κ1) is 24.3. The zero-order valence-corrected chi connectivity index (χ0v) is 20.7. The molecule has 1 saturated heterocycles. The van der Waals surface area contributed by atoms with Gasteiger partial charge in [-0.05, 0) is 79.8 Å². The van der Waals surface area contributed by atoms with E-state index in [1.807, 2.05) is 53.4 Å². The molecule has 2 aromatic rings. The lowest BCUT2D eigenvalue weighted by Gasteiger charge is -2.53. The Morgan fingerprint density at radius 1 is 1.15 bits per heavy atom. The van der Waals surface area contributed by atoms with Gasteiger partial charge >= 0.3 is 0 Å². The minimum Gasteiger partial charge on any atom is -0.394 e. The lowest BCUT2D eigenvalue weighted by molar-refractivity contribution is -0.159. The van der Waals surface area contributed by atoms with Crippen molar-refractivity contribution in [1.29, 1.82) is 0 Å². The van der Waals surface area contributed by atoms with Crippen molar-refractivity contribution in [2.45, 2.75) is 63.5 Å². The minimum absolute atomic E-state index is 0.0238. The second kappa shape index (κ2) is 10.2. The maximum atomic E-state index is 14.3. The number of rotatable bonds is 9. The van der Waals surface area contributed by atoms with Crippen LogP contribution in [0.4, 0.5) is 0 Å². The highest BCUT2D eigenvalue weighted by atomic mass is 35.5. The highest BCUT2D eigenvalue weighted by Crippen LogP contribution is 2.55. The summed E-state index contributed by atoms with van der Waals surface area (Å²) in [5.74, 6) is 0.567. The topological polar surface area (TPSA) is 40.5 Å². The highest BCUT2D eigenvalue weighted by molar-refractivity contribution is 6.30. The number of nitrogens with zero attached hydrogens (tertiary/aromatic N) is 1.